The maximum atomic E-state index is 15.3. The van der Waals surface area contributed by atoms with E-state index in [0.29, 0.717) is 39.2 Å². The Morgan fingerprint density at radius 3 is 1.42 bits per heavy atom. The lowest BCUT2D eigenvalue weighted by atomic mass is 9.98. The normalized spacial score (nSPS) is 23.5. The summed E-state index contributed by atoms with van der Waals surface area (Å²) >= 11 is -0.340. The van der Waals surface area contributed by atoms with E-state index in [9.17, 15) is 55.7 Å². The van der Waals surface area contributed by atoms with Crippen molar-refractivity contribution in [2.45, 2.75) is 140 Å². The number of rotatable bonds is 26. The molecule has 0 N–H and O–H groups in total. The lowest BCUT2D eigenvalue weighted by Crippen LogP contribution is -2.40. The minimum absolute atomic E-state index is 0.0428. The van der Waals surface area contributed by atoms with Gasteiger partial charge in [0.1, 0.15) is 24.7 Å². The van der Waals surface area contributed by atoms with E-state index in [2.05, 4.69) is 9.97 Å². The zero-order chi connectivity index (χ0) is 111. The number of hydrogen-bond acceptors (Lipinski definition) is 10. The van der Waals surface area contributed by atoms with Crippen LogP contribution in [0.3, 0.4) is 0 Å². The van der Waals surface area contributed by atoms with Crippen LogP contribution < -0.4 is 11.1 Å². The van der Waals surface area contributed by atoms with Crippen molar-refractivity contribution in [1.82, 2.24) is 38.7 Å². The van der Waals surface area contributed by atoms with E-state index in [1.807, 2.05) is 0 Å². The fourth-order valence-corrected chi connectivity index (χ4v) is 9.89. The van der Waals surface area contributed by atoms with Crippen molar-refractivity contribution in [2.75, 3.05) is 52.0 Å². The summed E-state index contributed by atoms with van der Waals surface area (Å²) in [7, 11) is 0. The molecule has 0 aliphatic heterocycles. The summed E-state index contributed by atoms with van der Waals surface area (Å²) < 4.78 is 530. The number of amides is 2. The predicted molar refractivity (Wildman–Crippen MR) is 363 cm³/mol. The van der Waals surface area contributed by atoms with E-state index in [1.165, 1.54) is 0 Å². The molecular formula is C74H80F8N8O4S2. The summed E-state index contributed by atoms with van der Waals surface area (Å²) in [6.45, 7) is -39.6. The maximum absolute atomic E-state index is 15.3. The van der Waals surface area contributed by atoms with Crippen LogP contribution in [0.1, 0.15) is 173 Å². The Morgan fingerprint density at radius 1 is 0.531 bits per heavy atom. The second kappa shape index (κ2) is 32.9. The van der Waals surface area contributed by atoms with Crippen molar-refractivity contribution in [1.29, 1.82) is 0 Å². The Balaban J connectivity index is 0.000000321. The molecule has 0 spiro atoms. The number of likely N-dealkylation sites (N-methyl/N-ethyl adjacent to an activating group) is 2. The first kappa shape index (κ1) is 32.2. The minimum Gasteiger partial charge on any atom is -0.336 e. The van der Waals surface area contributed by atoms with E-state index in [1.54, 1.807) is 0 Å². The zero-order valence-corrected chi connectivity index (χ0v) is 52.0. The number of hydrogen-bond donors (Lipinski definition) is 0. The summed E-state index contributed by atoms with van der Waals surface area (Å²) in [4.78, 5) is 62.5. The van der Waals surface area contributed by atoms with Crippen LogP contribution in [0, 0.1) is 25.5 Å². The lowest BCUT2D eigenvalue weighted by Gasteiger charge is -2.28. The summed E-state index contributed by atoms with van der Waals surface area (Å²) in [6, 6.07) is -22.5. The van der Waals surface area contributed by atoms with Crippen molar-refractivity contribution in [3.05, 3.63) is 232 Å². The van der Waals surface area contributed by atoms with Gasteiger partial charge in [-0.05, 0) is 170 Å². The number of halogens is 8. The Hall–Kier alpha value is -7.92. The standard InChI is InChI=1S/2C37H40F4N4O2S/c2*1-4-43(5-2)19-20-44(22-26-9-13-28(14-10-26)29-15-18-32(25(3)21-29)37(39,40)41)34(46)23-45-33-8-6-7-31(33)35(47)42-36(45)48-24-27-11-16-30(38)17-12-27/h2*9-18,21H,4-8,19-20,22-24H2,1-3H3/i4D2,5D2,9D,10D,11D,12D,13D,14D,15D,16D,17D,18D,19D2,20D2,21D,22D2,24D2;4D2,5D2,6D2,7D2,8D2,9D,10D,13D,14D,15D,18D,19D2,20D2,21D,22D2,24D2. The quantitative estimate of drug-likeness (QED) is 0.0295. The number of benzene rings is 6. The molecule has 0 bridgehead atoms. The molecule has 2 aromatic heterocycles. The molecule has 0 fully saturated rings. The highest BCUT2D eigenvalue weighted by Gasteiger charge is 2.34. The third-order valence-electron chi connectivity index (χ3n) is 13.0. The van der Waals surface area contributed by atoms with Gasteiger partial charge in [0.05, 0.1) is 46.8 Å². The molecule has 2 aliphatic carbocycles. The second-order valence-corrected chi connectivity index (χ2v) is 20.8. The molecule has 0 unspecified atom stereocenters. The molecule has 10 rings (SSSR count). The number of fused-ring (bicyclic) bond motifs is 2. The molecule has 12 nitrogen and oxygen atoms in total. The van der Waals surface area contributed by atoms with Crippen molar-refractivity contribution in [3.63, 3.8) is 0 Å². The van der Waals surface area contributed by atoms with Gasteiger partial charge in [0.2, 0.25) is 11.8 Å². The van der Waals surface area contributed by atoms with Crippen molar-refractivity contribution in [3.8, 4) is 22.3 Å². The first-order valence-electron chi connectivity index (χ1n) is 51.5. The molecule has 0 saturated carbocycles. The SMILES string of the molecule is [2H]c1c([2H])c(C([2H])([2H])N(C(=O)Cn2c(SC([2H])([2H])c3ccc(F)cc3)nc(=O)c3c2C([2H])([2H])C([2H])([2H])C3([2H])[2H])C([2H])([2H])C([2H])([2H])N(C([2H])([2H])C)C([2H])([2H])C)c([2H])c([2H])c1-c1c([2H])c([2H])c(C(F)(F)F)c(C)c1[2H].[2H]c1c([2H])c(C([2H])([2H])Sc2nc(=O)c3c(n2CC(=O)N(C([2H])([2H])c2c([2H])c([2H])c(-c4c([2H])c([2H])c(C(F)(F)F)c(C)c4[2H])c([2H])c2[2H])C([2H])([2H])C([2H])([2H])N(C([2H])([2H])C)C([2H])([2H])C)CCC3)c([2H])c([2H])c1F. The van der Waals surface area contributed by atoms with Crippen LogP contribution in [-0.4, -0.2) is 102 Å². The van der Waals surface area contributed by atoms with Crippen LogP contribution in [0.4, 0.5) is 35.1 Å². The highest BCUT2D eigenvalue weighted by Crippen LogP contribution is 2.37. The molecule has 22 heteroatoms. The fraction of sp³-hybridized carbons (Fsp3) is 0.378. The highest BCUT2D eigenvalue weighted by atomic mass is 32.2. The molecule has 0 atom stereocenters. The first-order valence-corrected chi connectivity index (χ1v) is 29.1. The average molecular weight is 1410 g/mol. The van der Waals surface area contributed by atoms with E-state index in [-0.39, 0.29) is 63.5 Å². The summed E-state index contributed by atoms with van der Waals surface area (Å²) in [5.41, 5.74) is -27.0. The van der Waals surface area contributed by atoms with Crippen LogP contribution in [-0.2, 0) is 85.0 Å². The van der Waals surface area contributed by atoms with Gasteiger partial charge in [-0.2, -0.15) is 36.3 Å². The van der Waals surface area contributed by atoms with Gasteiger partial charge in [-0.1, -0.05) is 148 Å². The van der Waals surface area contributed by atoms with Crippen LogP contribution in [0.5, 0.6) is 0 Å². The van der Waals surface area contributed by atoms with Gasteiger partial charge in [0, 0.05) is 103 Å². The Labute approximate surface area is 631 Å². The second-order valence-electron chi connectivity index (χ2n) is 19.2. The largest absolute Gasteiger partial charge is 0.416 e. The third-order valence-corrected chi connectivity index (χ3v) is 14.6. The molecule has 0 saturated heterocycles. The van der Waals surface area contributed by atoms with Crippen molar-refractivity contribution >= 4 is 35.3 Å². The monoisotopic (exact) mass is 1410 g/mol. The number of carbonyl (C=O) groups is 2. The molecule has 8 aromatic rings. The third kappa shape index (κ3) is 18.8. The van der Waals surface area contributed by atoms with Crippen LogP contribution in [0.15, 0.2) is 153 Å². The molecule has 6 aromatic carbocycles. The lowest BCUT2D eigenvalue weighted by molar-refractivity contribution is -0.138. The molecule has 2 amide bonds. The number of thioether (sulfide) groups is 2. The van der Waals surface area contributed by atoms with Gasteiger partial charge < -0.3 is 28.7 Å². The molecule has 2 aliphatic rings. The van der Waals surface area contributed by atoms with E-state index in [0.717, 1.165) is 31.2 Å². The van der Waals surface area contributed by atoms with E-state index >= 15 is 9.59 Å². The van der Waals surface area contributed by atoms with Crippen LogP contribution in [0.2, 0.25) is 0 Å². The summed E-state index contributed by atoms with van der Waals surface area (Å²) in [5, 5.41) is -2.04. The van der Waals surface area contributed by atoms with Crippen LogP contribution in [0.25, 0.3) is 22.3 Å². The topological polar surface area (TPSA) is 117 Å². The van der Waals surface area contributed by atoms with Gasteiger partial charge >= 0.3 is 12.4 Å². The molecular weight excluding hydrogens is 1280 g/mol. The van der Waals surface area contributed by atoms with Gasteiger partial charge in [-0.3, -0.25) is 19.2 Å². The summed E-state index contributed by atoms with van der Waals surface area (Å²) in [5.74, 6) is -6.84. The van der Waals surface area contributed by atoms with Crippen molar-refractivity contribution in [2.24, 2.45) is 0 Å². The number of nitrogens with zero attached hydrogens (tertiary/aromatic N) is 8. The fourth-order valence-electron chi connectivity index (χ4n) is 8.44. The summed E-state index contributed by atoms with van der Waals surface area (Å²) in [6.07, 6.45) is -21.9. The Kier molecular flexibility index (Phi) is 11.0. The van der Waals surface area contributed by atoms with Gasteiger partial charge in [0.25, 0.3) is 11.1 Å². The predicted octanol–water partition coefficient (Wildman–Crippen LogP) is 15.1. The number of alkyl halides is 6. The molecule has 508 valence electrons. The van der Waals surface area contributed by atoms with E-state index in [4.69, 9.17) is 54.8 Å². The van der Waals surface area contributed by atoms with E-state index < -0.39 is 367 Å². The van der Waals surface area contributed by atoms with Gasteiger partial charge in [-0.25, -0.2) is 8.78 Å². The minimum atomic E-state index is -5.33. The van der Waals surface area contributed by atoms with Gasteiger partial charge in [0.15, 0.2) is 10.3 Å². The zero-order valence-electron chi connectivity index (χ0n) is 98.4. The maximum Gasteiger partial charge on any atom is 0.416 e. The Morgan fingerprint density at radius 2 is 0.958 bits per heavy atom. The van der Waals surface area contributed by atoms with Crippen molar-refractivity contribution < 1.29 is 111 Å². The smallest absolute Gasteiger partial charge is 0.336 e. The van der Waals surface area contributed by atoms with Crippen LogP contribution >= 0.6 is 23.5 Å². The molecule has 2 heterocycles. The average Bonchev–Trinajstić information content (AvgIpc) is 1.48. The molecule has 96 heavy (non-hydrogen) atoms. The number of carbonyl (C=O) groups excluding carboxylic acids is 2. The molecule has 0 radical (unpaired) electrons. The Bertz CT molecular complexity index is 6530. The highest BCUT2D eigenvalue weighted by molar-refractivity contribution is 7.98. The van der Waals surface area contributed by atoms with Gasteiger partial charge in [-0.15, -0.1) is 0 Å². The number of aromatic nitrogens is 4. The first-order chi connectivity index (χ1) is 64.4.